The number of nitrogens with one attached hydrogen (secondary N) is 1. The molecule has 0 unspecified atom stereocenters. The van der Waals surface area contributed by atoms with Crippen molar-refractivity contribution in [3.05, 3.63) is 94.7 Å². The second kappa shape index (κ2) is 10.1. The number of fused-ring (bicyclic) bond motifs is 1. The summed E-state index contributed by atoms with van der Waals surface area (Å²) in [6.07, 6.45) is 0. The number of aromatic nitrogens is 1. The van der Waals surface area contributed by atoms with Gasteiger partial charge in [0.2, 0.25) is 5.76 Å². The predicted octanol–water partition coefficient (Wildman–Crippen LogP) is 5.98. The Morgan fingerprint density at radius 1 is 0.974 bits per heavy atom. The summed E-state index contributed by atoms with van der Waals surface area (Å²) in [5.74, 6) is -1.87. The van der Waals surface area contributed by atoms with Crippen molar-refractivity contribution in [3.8, 4) is 22.4 Å². The fourth-order valence-corrected chi connectivity index (χ4v) is 4.71. The molecule has 1 aliphatic rings. The van der Waals surface area contributed by atoms with Gasteiger partial charge in [0.05, 0.1) is 0 Å². The first kappa shape index (κ1) is 25.2. The van der Waals surface area contributed by atoms with E-state index in [0.29, 0.717) is 22.0 Å². The summed E-state index contributed by atoms with van der Waals surface area (Å²) >= 11 is 5.92. The van der Waals surface area contributed by atoms with Gasteiger partial charge in [-0.3, -0.25) is 9.59 Å². The zero-order valence-electron chi connectivity index (χ0n) is 20.6. The molecule has 1 aromatic heterocycles. The smallest absolute Gasteiger partial charge is 0.326 e. The van der Waals surface area contributed by atoms with Crippen molar-refractivity contribution in [1.29, 1.82) is 0 Å². The molecule has 192 valence electrons. The average molecular weight is 530 g/mol. The first-order valence-corrected chi connectivity index (χ1v) is 12.4. The van der Waals surface area contributed by atoms with E-state index < -0.39 is 17.9 Å². The average Bonchev–Trinajstić information content (AvgIpc) is 3.50. The van der Waals surface area contributed by atoms with Gasteiger partial charge in [0.15, 0.2) is 0 Å². The molecule has 5 rings (SSSR count). The van der Waals surface area contributed by atoms with Gasteiger partial charge in [0.1, 0.15) is 11.7 Å². The van der Waals surface area contributed by atoms with Gasteiger partial charge in [-0.25, -0.2) is 4.79 Å². The monoisotopic (exact) mass is 529 g/mol. The van der Waals surface area contributed by atoms with Crippen molar-refractivity contribution >= 4 is 35.1 Å². The highest BCUT2D eigenvalue weighted by Gasteiger charge is 2.38. The molecule has 38 heavy (non-hydrogen) atoms. The summed E-state index contributed by atoms with van der Waals surface area (Å²) in [5, 5.41) is 17.0. The number of hydrogen-bond donors (Lipinski definition) is 2. The molecule has 0 bridgehead atoms. The van der Waals surface area contributed by atoms with Crippen molar-refractivity contribution in [2.75, 3.05) is 5.32 Å². The van der Waals surface area contributed by atoms with Crippen LogP contribution in [-0.4, -0.2) is 39.0 Å². The molecule has 1 aliphatic heterocycles. The minimum Gasteiger partial charge on any atom is -0.480 e. The van der Waals surface area contributed by atoms with Crippen LogP contribution in [0.4, 0.5) is 5.69 Å². The summed E-state index contributed by atoms with van der Waals surface area (Å²) in [5.41, 5.74) is 4.84. The number of anilines is 1. The second-order valence-electron chi connectivity index (χ2n) is 9.45. The van der Waals surface area contributed by atoms with Crippen molar-refractivity contribution in [1.82, 2.24) is 10.1 Å². The molecule has 0 fully saturated rings. The third-order valence-corrected chi connectivity index (χ3v) is 6.76. The number of rotatable bonds is 7. The van der Waals surface area contributed by atoms with E-state index in [1.54, 1.807) is 62.4 Å². The number of nitrogens with zero attached hydrogens (tertiary/aromatic N) is 2. The van der Waals surface area contributed by atoms with Crippen LogP contribution in [-0.2, 0) is 11.3 Å². The molecule has 9 heteroatoms. The largest absolute Gasteiger partial charge is 0.480 e. The topological polar surface area (TPSA) is 113 Å². The van der Waals surface area contributed by atoms with Gasteiger partial charge in [0, 0.05) is 34.4 Å². The van der Waals surface area contributed by atoms with Gasteiger partial charge in [-0.15, -0.1) is 0 Å². The van der Waals surface area contributed by atoms with E-state index in [2.05, 4.69) is 10.5 Å². The second-order valence-corrected chi connectivity index (χ2v) is 9.88. The molecule has 0 radical (unpaired) electrons. The Morgan fingerprint density at radius 2 is 1.63 bits per heavy atom. The quantitative estimate of drug-likeness (QED) is 0.304. The lowest BCUT2D eigenvalue weighted by Crippen LogP contribution is -2.44. The molecule has 8 nitrogen and oxygen atoms in total. The number of carbonyl (C=O) groups excluding carboxylic acids is 2. The number of amides is 2. The first-order chi connectivity index (χ1) is 18.2. The van der Waals surface area contributed by atoms with Gasteiger partial charge in [-0.1, -0.05) is 67.0 Å². The van der Waals surface area contributed by atoms with E-state index in [9.17, 15) is 19.5 Å². The number of carboxylic acids is 1. The number of carbonyl (C=O) groups is 3. The summed E-state index contributed by atoms with van der Waals surface area (Å²) < 4.78 is 5.22. The maximum absolute atomic E-state index is 13.0. The van der Waals surface area contributed by atoms with Gasteiger partial charge in [-0.2, -0.15) is 0 Å². The van der Waals surface area contributed by atoms with E-state index >= 15 is 0 Å². The Balaban J connectivity index is 1.29. The highest BCUT2D eigenvalue weighted by atomic mass is 35.5. The van der Waals surface area contributed by atoms with Crippen LogP contribution in [0, 0.1) is 5.92 Å². The third-order valence-electron chi connectivity index (χ3n) is 6.51. The lowest BCUT2D eigenvalue weighted by molar-refractivity contribution is -0.144. The van der Waals surface area contributed by atoms with E-state index in [1.165, 1.54) is 4.90 Å². The predicted molar refractivity (Wildman–Crippen MR) is 143 cm³/mol. The van der Waals surface area contributed by atoms with Crippen molar-refractivity contribution in [2.45, 2.75) is 26.4 Å². The van der Waals surface area contributed by atoms with Crippen LogP contribution in [0.25, 0.3) is 22.4 Å². The Labute approximate surface area is 223 Å². The Morgan fingerprint density at radius 3 is 2.29 bits per heavy atom. The normalized spacial score (nSPS) is 13.5. The molecule has 0 saturated carbocycles. The molecule has 0 saturated heterocycles. The minimum atomic E-state index is -1.01. The molecular formula is C29H24ClN3O5. The molecule has 4 aromatic rings. The summed E-state index contributed by atoms with van der Waals surface area (Å²) in [7, 11) is 0. The molecule has 2 heterocycles. The van der Waals surface area contributed by atoms with Crippen molar-refractivity contribution in [3.63, 3.8) is 0 Å². The Hall–Kier alpha value is -4.43. The maximum Gasteiger partial charge on any atom is 0.326 e. The molecule has 3 aromatic carbocycles. The zero-order valence-corrected chi connectivity index (χ0v) is 21.4. The summed E-state index contributed by atoms with van der Waals surface area (Å²) in [6, 6.07) is 20.5. The van der Waals surface area contributed by atoms with Crippen LogP contribution in [0.5, 0.6) is 0 Å². The molecular weight excluding hydrogens is 506 g/mol. The highest BCUT2D eigenvalue weighted by Crippen LogP contribution is 2.32. The Bertz CT molecular complexity index is 1530. The van der Waals surface area contributed by atoms with Gasteiger partial charge < -0.3 is 19.8 Å². The number of hydrogen-bond acceptors (Lipinski definition) is 5. The van der Waals surface area contributed by atoms with Crippen LogP contribution >= 0.6 is 11.6 Å². The van der Waals surface area contributed by atoms with Crippen LogP contribution < -0.4 is 5.32 Å². The van der Waals surface area contributed by atoms with Crippen molar-refractivity contribution in [2.24, 2.45) is 5.92 Å². The fraction of sp³-hybridized carbons (Fsp3) is 0.172. The number of halogens is 1. The molecule has 1 atom stereocenters. The zero-order chi connectivity index (χ0) is 27.0. The third kappa shape index (κ3) is 4.90. The van der Waals surface area contributed by atoms with Crippen LogP contribution in [0.3, 0.4) is 0 Å². The van der Waals surface area contributed by atoms with Crippen LogP contribution in [0.1, 0.15) is 40.3 Å². The number of carboxylic acid groups (broad SMARTS) is 1. The van der Waals surface area contributed by atoms with E-state index in [-0.39, 0.29) is 24.1 Å². The lowest BCUT2D eigenvalue weighted by Gasteiger charge is -2.27. The van der Waals surface area contributed by atoms with E-state index in [0.717, 1.165) is 22.3 Å². The molecule has 2 N–H and O–H groups in total. The van der Waals surface area contributed by atoms with E-state index in [4.69, 9.17) is 16.1 Å². The van der Waals surface area contributed by atoms with Crippen LogP contribution in [0.15, 0.2) is 77.3 Å². The fourth-order valence-electron chi connectivity index (χ4n) is 4.58. The lowest BCUT2D eigenvalue weighted by atomic mass is 10.00. The molecule has 0 aliphatic carbocycles. The molecule has 2 amide bonds. The standard InChI is InChI=1S/C29H24ClN3O5/c1-16(2)26(29(36)37)33-15-20-4-3-19(13-23(20)28(33)35)17-7-11-22(12-8-17)31-27(34)25-14-24(32-38-25)18-5-9-21(30)10-6-18/h3-14,16,26H,15H2,1-2H3,(H,31,34)(H,36,37)/t26-/m0/s1. The van der Waals surface area contributed by atoms with Crippen molar-refractivity contribution < 1.29 is 24.0 Å². The summed E-state index contributed by atoms with van der Waals surface area (Å²) in [4.78, 5) is 38.9. The highest BCUT2D eigenvalue weighted by molar-refractivity contribution is 6.30. The summed E-state index contributed by atoms with van der Waals surface area (Å²) in [6.45, 7) is 3.86. The van der Waals surface area contributed by atoms with Gasteiger partial charge in [0.25, 0.3) is 11.8 Å². The maximum atomic E-state index is 13.0. The molecule has 0 spiro atoms. The number of aliphatic carboxylic acids is 1. The minimum absolute atomic E-state index is 0.0711. The number of benzene rings is 3. The first-order valence-electron chi connectivity index (χ1n) is 12.0. The Kier molecular flexibility index (Phi) is 6.73. The van der Waals surface area contributed by atoms with E-state index in [1.807, 2.05) is 24.3 Å². The van der Waals surface area contributed by atoms with Gasteiger partial charge >= 0.3 is 5.97 Å². The van der Waals surface area contributed by atoms with Gasteiger partial charge in [-0.05, 0) is 52.9 Å². The SMILES string of the molecule is CC(C)[C@@H](C(=O)O)N1Cc2ccc(-c3ccc(NC(=O)c4cc(-c5ccc(Cl)cc5)no4)cc3)cc2C1=O. The van der Waals surface area contributed by atoms with Crippen LogP contribution in [0.2, 0.25) is 5.02 Å².